The minimum absolute atomic E-state index is 0.0230. The van der Waals surface area contributed by atoms with Crippen molar-refractivity contribution >= 4 is 47.4 Å². The molecular weight excluding hydrogens is 637 g/mol. The van der Waals surface area contributed by atoms with E-state index < -0.39 is 48.6 Å². The standard InChI is InChI=1S/C31H32N4O7S3/c1-23-10-9-11-24(2)30(23)33-43(37,38)26-18-16-25(17-19-26)32-31(36)29-22-34(44(39,40)27-12-5-3-6-13-27)20-21-35(29)45(41,42)28-14-7-4-8-15-28/h3-19,29,33H,20-22H2,1-2H3,(H,32,36). The predicted molar refractivity (Wildman–Crippen MR) is 171 cm³/mol. The molecule has 4 aromatic rings. The number of benzene rings is 4. The molecule has 1 saturated heterocycles. The van der Waals surface area contributed by atoms with Crippen LogP contribution < -0.4 is 10.0 Å². The number of piperazine rings is 1. The second kappa shape index (κ2) is 12.7. The third kappa shape index (κ3) is 6.79. The van der Waals surface area contributed by atoms with Gasteiger partial charge < -0.3 is 5.32 Å². The van der Waals surface area contributed by atoms with Gasteiger partial charge in [-0.3, -0.25) is 9.52 Å². The number of hydrogen-bond donors (Lipinski definition) is 2. The Balaban J connectivity index is 1.41. The van der Waals surface area contributed by atoms with Crippen molar-refractivity contribution in [1.82, 2.24) is 8.61 Å². The number of para-hydroxylation sites is 1. The second-order valence-electron chi connectivity index (χ2n) is 10.5. The quantitative estimate of drug-likeness (QED) is 0.276. The summed E-state index contributed by atoms with van der Waals surface area (Å²) in [6, 6.07) is 24.7. The smallest absolute Gasteiger partial charge is 0.261 e. The molecule has 236 valence electrons. The number of nitrogens with one attached hydrogen (secondary N) is 2. The molecule has 1 atom stereocenters. The van der Waals surface area contributed by atoms with Crippen molar-refractivity contribution in [3.05, 3.63) is 114 Å². The lowest BCUT2D eigenvalue weighted by molar-refractivity contribution is -0.120. The summed E-state index contributed by atoms with van der Waals surface area (Å²) in [5, 5.41) is 2.64. The monoisotopic (exact) mass is 668 g/mol. The van der Waals surface area contributed by atoms with Gasteiger partial charge in [0, 0.05) is 25.3 Å². The first-order chi connectivity index (χ1) is 21.3. The van der Waals surface area contributed by atoms with Crippen molar-refractivity contribution < 1.29 is 30.0 Å². The zero-order valence-corrected chi connectivity index (χ0v) is 26.9. The zero-order chi connectivity index (χ0) is 32.4. The molecule has 0 aromatic heterocycles. The molecule has 11 nitrogen and oxygen atoms in total. The first-order valence-corrected chi connectivity index (χ1v) is 18.3. The predicted octanol–water partition coefficient (Wildman–Crippen LogP) is 3.81. The van der Waals surface area contributed by atoms with Crippen LogP contribution in [0.15, 0.2) is 118 Å². The zero-order valence-electron chi connectivity index (χ0n) is 24.5. The fourth-order valence-corrected chi connectivity index (χ4v) is 9.29. The second-order valence-corrected chi connectivity index (χ2v) is 16.0. The van der Waals surface area contributed by atoms with E-state index in [2.05, 4.69) is 10.0 Å². The molecule has 2 N–H and O–H groups in total. The van der Waals surface area contributed by atoms with Crippen LogP contribution in [-0.4, -0.2) is 65.4 Å². The molecule has 0 spiro atoms. The Morgan fingerprint density at radius 1 is 0.644 bits per heavy atom. The van der Waals surface area contributed by atoms with Crippen molar-refractivity contribution in [1.29, 1.82) is 0 Å². The normalized spacial score (nSPS) is 16.6. The summed E-state index contributed by atoms with van der Waals surface area (Å²) < 4.78 is 85.0. The Labute approximate surface area is 263 Å². The molecule has 1 unspecified atom stereocenters. The summed E-state index contributed by atoms with van der Waals surface area (Å²) in [7, 11) is -12.2. The van der Waals surface area contributed by atoms with Gasteiger partial charge in [0.2, 0.25) is 26.0 Å². The molecule has 4 aromatic carbocycles. The summed E-state index contributed by atoms with van der Waals surface area (Å²) in [5.41, 5.74) is 2.19. The molecular formula is C31H32N4O7S3. The molecule has 1 aliphatic rings. The molecule has 1 fully saturated rings. The topological polar surface area (TPSA) is 150 Å². The molecule has 0 radical (unpaired) electrons. The van der Waals surface area contributed by atoms with Gasteiger partial charge in [-0.1, -0.05) is 54.6 Å². The van der Waals surface area contributed by atoms with Gasteiger partial charge in [0.25, 0.3) is 10.0 Å². The molecule has 0 saturated carbocycles. The molecule has 0 bridgehead atoms. The van der Waals surface area contributed by atoms with Crippen LogP contribution in [0, 0.1) is 13.8 Å². The third-order valence-electron chi connectivity index (χ3n) is 7.48. The van der Waals surface area contributed by atoms with E-state index in [0.717, 1.165) is 19.7 Å². The van der Waals surface area contributed by atoms with E-state index >= 15 is 0 Å². The molecule has 45 heavy (non-hydrogen) atoms. The van der Waals surface area contributed by atoms with Crippen LogP contribution in [0.5, 0.6) is 0 Å². The van der Waals surface area contributed by atoms with E-state index in [1.165, 1.54) is 48.5 Å². The molecule has 14 heteroatoms. The minimum Gasteiger partial charge on any atom is -0.325 e. The molecule has 1 heterocycles. The lowest BCUT2D eigenvalue weighted by Crippen LogP contribution is -2.60. The van der Waals surface area contributed by atoms with Crippen LogP contribution in [0.4, 0.5) is 11.4 Å². The van der Waals surface area contributed by atoms with E-state index in [1.54, 1.807) is 62.4 Å². The summed E-state index contributed by atoms with van der Waals surface area (Å²) in [4.78, 5) is 13.6. The van der Waals surface area contributed by atoms with E-state index in [9.17, 15) is 30.0 Å². The third-order valence-corrected chi connectivity index (χ3v) is 12.6. The highest BCUT2D eigenvalue weighted by molar-refractivity contribution is 7.92. The highest BCUT2D eigenvalue weighted by Gasteiger charge is 2.43. The van der Waals surface area contributed by atoms with E-state index in [0.29, 0.717) is 5.69 Å². The van der Waals surface area contributed by atoms with Gasteiger partial charge in [-0.2, -0.15) is 8.61 Å². The Morgan fingerprint density at radius 2 is 1.18 bits per heavy atom. The largest absolute Gasteiger partial charge is 0.325 e. The first kappa shape index (κ1) is 32.3. The van der Waals surface area contributed by atoms with Crippen molar-refractivity contribution in [2.75, 3.05) is 29.7 Å². The van der Waals surface area contributed by atoms with Crippen molar-refractivity contribution in [3.63, 3.8) is 0 Å². The molecule has 0 aliphatic carbocycles. The van der Waals surface area contributed by atoms with E-state index in [-0.39, 0.29) is 33.5 Å². The lowest BCUT2D eigenvalue weighted by Gasteiger charge is -2.38. The number of aryl methyl sites for hydroxylation is 2. The maximum atomic E-state index is 13.7. The Morgan fingerprint density at radius 3 is 1.73 bits per heavy atom. The number of carbonyl (C=O) groups is 1. The van der Waals surface area contributed by atoms with Crippen LogP contribution in [0.3, 0.4) is 0 Å². The lowest BCUT2D eigenvalue weighted by atomic mass is 10.1. The van der Waals surface area contributed by atoms with Crippen molar-refractivity contribution in [3.8, 4) is 0 Å². The van der Waals surface area contributed by atoms with Crippen molar-refractivity contribution in [2.45, 2.75) is 34.6 Å². The summed E-state index contributed by atoms with van der Waals surface area (Å²) in [6.07, 6.45) is 0. The van der Waals surface area contributed by atoms with E-state index in [1.807, 2.05) is 6.07 Å². The van der Waals surface area contributed by atoms with Gasteiger partial charge in [0.15, 0.2) is 0 Å². The number of rotatable bonds is 9. The number of nitrogens with zero attached hydrogens (tertiary/aromatic N) is 2. The average molecular weight is 669 g/mol. The maximum absolute atomic E-state index is 13.7. The van der Waals surface area contributed by atoms with Gasteiger partial charge >= 0.3 is 0 Å². The number of carbonyl (C=O) groups excluding carboxylic acids is 1. The van der Waals surface area contributed by atoms with Gasteiger partial charge in [-0.05, 0) is 73.5 Å². The van der Waals surface area contributed by atoms with Crippen LogP contribution in [0.2, 0.25) is 0 Å². The fourth-order valence-electron chi connectivity index (χ4n) is 5.04. The molecule has 1 aliphatic heterocycles. The molecule has 1 amide bonds. The van der Waals surface area contributed by atoms with Gasteiger partial charge in [-0.25, -0.2) is 25.3 Å². The Bertz CT molecular complexity index is 2000. The SMILES string of the molecule is Cc1cccc(C)c1NS(=O)(=O)c1ccc(NC(=O)C2CN(S(=O)(=O)c3ccccc3)CCN2S(=O)(=O)c2ccccc2)cc1. The number of amides is 1. The summed E-state index contributed by atoms with van der Waals surface area (Å²) >= 11 is 0. The minimum atomic E-state index is -4.18. The molecule has 5 rings (SSSR count). The van der Waals surface area contributed by atoms with E-state index in [4.69, 9.17) is 0 Å². The summed E-state index contributed by atoms with van der Waals surface area (Å²) in [5.74, 6) is -0.772. The highest BCUT2D eigenvalue weighted by Crippen LogP contribution is 2.27. The summed E-state index contributed by atoms with van der Waals surface area (Å²) in [6.45, 7) is 2.74. The fraction of sp³-hybridized carbons (Fsp3) is 0.194. The van der Waals surface area contributed by atoms with Crippen LogP contribution in [0.1, 0.15) is 11.1 Å². The van der Waals surface area contributed by atoms with Crippen molar-refractivity contribution in [2.24, 2.45) is 0 Å². The first-order valence-electron chi connectivity index (χ1n) is 13.9. The number of hydrogen-bond acceptors (Lipinski definition) is 7. The Kier molecular flexibility index (Phi) is 9.14. The van der Waals surface area contributed by atoms with Crippen LogP contribution >= 0.6 is 0 Å². The maximum Gasteiger partial charge on any atom is 0.261 e. The van der Waals surface area contributed by atoms with Gasteiger partial charge in [0.1, 0.15) is 6.04 Å². The average Bonchev–Trinajstić information content (AvgIpc) is 3.03. The van der Waals surface area contributed by atoms with Gasteiger partial charge in [-0.15, -0.1) is 0 Å². The number of sulfonamides is 3. The van der Waals surface area contributed by atoms with Crippen LogP contribution in [0.25, 0.3) is 0 Å². The van der Waals surface area contributed by atoms with Gasteiger partial charge in [0.05, 0.1) is 20.4 Å². The highest BCUT2D eigenvalue weighted by atomic mass is 32.2. The van der Waals surface area contributed by atoms with Crippen LogP contribution in [-0.2, 0) is 34.9 Å². The number of anilines is 2. The Hall–Kier alpha value is -4.08.